The minimum absolute atomic E-state index is 0.0770. The lowest BCUT2D eigenvalue weighted by atomic mass is 10.1. The summed E-state index contributed by atoms with van der Waals surface area (Å²) in [7, 11) is 1.72. The van der Waals surface area contributed by atoms with E-state index in [1.807, 2.05) is 20.8 Å². The normalized spacial score (nSPS) is 17.6. The zero-order valence-electron chi connectivity index (χ0n) is 15.3. The van der Waals surface area contributed by atoms with E-state index < -0.39 is 0 Å². The number of ether oxygens (including phenoxy) is 1. The van der Waals surface area contributed by atoms with Gasteiger partial charge in [-0.1, -0.05) is 11.6 Å². The van der Waals surface area contributed by atoms with Crippen LogP contribution in [0.2, 0.25) is 5.02 Å². The van der Waals surface area contributed by atoms with Gasteiger partial charge in [-0.2, -0.15) is 0 Å². The average Bonchev–Trinajstić information content (AvgIpc) is 3.20. The maximum Gasteiger partial charge on any atom is 0.410 e. The van der Waals surface area contributed by atoms with Gasteiger partial charge in [0.15, 0.2) is 0 Å². The van der Waals surface area contributed by atoms with Gasteiger partial charge in [0.2, 0.25) is 0 Å². The number of fused-ring (bicyclic) bond motifs is 1. The number of aromatic nitrogens is 1. The molecular formula is C18H22ClN3O3S. The molecule has 2 aromatic rings. The minimum Gasteiger partial charge on any atom is -0.444 e. The van der Waals surface area contributed by atoms with Crippen molar-refractivity contribution >= 4 is 45.2 Å². The van der Waals surface area contributed by atoms with Crippen molar-refractivity contribution in [2.45, 2.75) is 38.8 Å². The highest BCUT2D eigenvalue weighted by molar-refractivity contribution is 7.21. The molecule has 26 heavy (non-hydrogen) atoms. The largest absolute Gasteiger partial charge is 0.444 e. The summed E-state index contributed by atoms with van der Waals surface area (Å²) in [4.78, 5) is 33.1. The van der Waals surface area contributed by atoms with Crippen LogP contribution < -0.4 is 0 Å². The minimum atomic E-state index is -0.366. The highest BCUT2D eigenvalue weighted by atomic mass is 35.5. The molecule has 6 nitrogen and oxygen atoms in total. The van der Waals surface area contributed by atoms with Crippen LogP contribution in [0.5, 0.6) is 0 Å². The van der Waals surface area contributed by atoms with Crippen LogP contribution in [-0.2, 0) is 4.74 Å². The molecule has 1 atom stereocenters. The molecule has 1 aliphatic heterocycles. The molecule has 3 rings (SSSR count). The Morgan fingerprint density at radius 2 is 2.15 bits per heavy atom. The Hall–Kier alpha value is -1.86. The van der Waals surface area contributed by atoms with Crippen molar-refractivity contribution in [3.8, 4) is 0 Å². The number of amides is 2. The van der Waals surface area contributed by atoms with E-state index in [0.717, 1.165) is 10.2 Å². The van der Waals surface area contributed by atoms with E-state index in [2.05, 4.69) is 4.98 Å². The fourth-order valence-electron chi connectivity index (χ4n) is 2.67. The Bertz CT molecular complexity index is 846. The first-order valence-electron chi connectivity index (χ1n) is 8.44. The molecule has 1 unspecified atom stereocenters. The van der Waals surface area contributed by atoms with E-state index in [-0.39, 0.29) is 23.6 Å². The van der Waals surface area contributed by atoms with Gasteiger partial charge >= 0.3 is 6.09 Å². The summed E-state index contributed by atoms with van der Waals surface area (Å²) in [5, 5.41) is 0.595. The first-order valence-corrected chi connectivity index (χ1v) is 9.64. The fourth-order valence-corrected chi connectivity index (χ4v) is 3.93. The van der Waals surface area contributed by atoms with Crippen LogP contribution >= 0.6 is 22.9 Å². The molecule has 0 aromatic carbocycles. The third kappa shape index (κ3) is 3.78. The summed E-state index contributed by atoms with van der Waals surface area (Å²) in [5.74, 6) is -0.0770. The quantitative estimate of drug-likeness (QED) is 0.770. The van der Waals surface area contributed by atoms with E-state index in [4.69, 9.17) is 16.3 Å². The average molecular weight is 396 g/mol. The van der Waals surface area contributed by atoms with Crippen LogP contribution in [0.25, 0.3) is 10.2 Å². The zero-order valence-corrected chi connectivity index (χ0v) is 16.9. The van der Waals surface area contributed by atoms with Gasteiger partial charge in [0, 0.05) is 31.7 Å². The maximum absolute atomic E-state index is 12.8. The van der Waals surface area contributed by atoms with E-state index in [1.54, 1.807) is 35.2 Å². The third-order valence-corrected chi connectivity index (χ3v) is 6.13. The van der Waals surface area contributed by atoms with Crippen molar-refractivity contribution in [3.05, 3.63) is 28.2 Å². The van der Waals surface area contributed by atoms with Crippen LogP contribution in [0.3, 0.4) is 0 Å². The van der Waals surface area contributed by atoms with Gasteiger partial charge in [0.05, 0.1) is 26.7 Å². The molecule has 0 spiro atoms. The second kappa shape index (κ2) is 7.04. The molecule has 3 heterocycles. The van der Waals surface area contributed by atoms with Gasteiger partial charge in [0.25, 0.3) is 5.91 Å². The van der Waals surface area contributed by atoms with Gasteiger partial charge in [-0.15, -0.1) is 11.3 Å². The van der Waals surface area contributed by atoms with E-state index in [9.17, 15) is 9.59 Å². The Labute approximate surface area is 161 Å². The summed E-state index contributed by atoms with van der Waals surface area (Å²) in [5.41, 5.74) is 0.411. The number of hydrogen-bond donors (Lipinski definition) is 0. The number of likely N-dealkylation sites (tertiary alicyclic amines) is 1. The number of carbonyl (C=O) groups is 2. The first kappa shape index (κ1) is 18.9. The van der Waals surface area contributed by atoms with Crippen molar-refractivity contribution in [1.29, 1.82) is 0 Å². The molecule has 2 aromatic heterocycles. The van der Waals surface area contributed by atoms with Crippen LogP contribution in [0.15, 0.2) is 18.3 Å². The Morgan fingerprint density at radius 3 is 2.81 bits per heavy atom. The van der Waals surface area contributed by atoms with Gasteiger partial charge in [0.1, 0.15) is 6.10 Å². The number of carbonyl (C=O) groups excluding carboxylic acids is 2. The summed E-state index contributed by atoms with van der Waals surface area (Å²) < 4.78 is 6.37. The van der Waals surface area contributed by atoms with Gasteiger partial charge in [-0.3, -0.25) is 9.78 Å². The molecule has 0 bridgehead atoms. The topological polar surface area (TPSA) is 62.7 Å². The lowest BCUT2D eigenvalue weighted by Gasteiger charge is -2.32. The van der Waals surface area contributed by atoms with Crippen molar-refractivity contribution in [2.24, 2.45) is 0 Å². The highest BCUT2D eigenvalue weighted by Gasteiger charge is 2.32. The van der Waals surface area contributed by atoms with Gasteiger partial charge in [-0.25, -0.2) is 4.79 Å². The Kier molecular flexibility index (Phi) is 5.12. The molecule has 1 aliphatic rings. The maximum atomic E-state index is 12.8. The molecular weight excluding hydrogens is 374 g/mol. The monoisotopic (exact) mass is 395 g/mol. The van der Waals surface area contributed by atoms with E-state index in [0.29, 0.717) is 29.4 Å². The SMILES string of the molecule is CN(C(=O)OC1CCN(C(=O)c2cc3nccc(Cl)c3s2)C1)C(C)(C)C. The standard InChI is InChI=1S/C18H22ClN3O3S/c1-18(2,3)21(4)17(24)25-11-6-8-22(10-11)16(23)14-9-13-15(26-14)12(19)5-7-20-13/h5,7,9,11H,6,8,10H2,1-4H3. The molecule has 0 radical (unpaired) electrons. The number of halogens is 1. The van der Waals surface area contributed by atoms with Crippen LogP contribution in [0.1, 0.15) is 36.9 Å². The van der Waals surface area contributed by atoms with Crippen molar-refractivity contribution in [1.82, 2.24) is 14.8 Å². The van der Waals surface area contributed by atoms with Crippen molar-refractivity contribution in [2.75, 3.05) is 20.1 Å². The number of nitrogens with zero attached hydrogens (tertiary/aromatic N) is 3. The Balaban J connectivity index is 1.65. The molecule has 1 saturated heterocycles. The van der Waals surface area contributed by atoms with E-state index >= 15 is 0 Å². The summed E-state index contributed by atoms with van der Waals surface area (Å²) in [6.07, 6.45) is 1.61. The van der Waals surface area contributed by atoms with Crippen molar-refractivity contribution in [3.63, 3.8) is 0 Å². The number of thiophene rings is 1. The zero-order chi connectivity index (χ0) is 19.1. The second-order valence-electron chi connectivity index (χ2n) is 7.39. The molecule has 0 N–H and O–H groups in total. The first-order chi connectivity index (χ1) is 12.2. The van der Waals surface area contributed by atoms with Crippen LogP contribution in [0.4, 0.5) is 4.79 Å². The molecule has 1 fully saturated rings. The second-order valence-corrected chi connectivity index (χ2v) is 8.85. The molecule has 0 aliphatic carbocycles. The van der Waals surface area contributed by atoms with Crippen molar-refractivity contribution < 1.29 is 14.3 Å². The van der Waals surface area contributed by atoms with Crippen LogP contribution in [-0.4, -0.2) is 58.6 Å². The number of rotatable bonds is 2. The highest BCUT2D eigenvalue weighted by Crippen LogP contribution is 2.31. The predicted molar refractivity (Wildman–Crippen MR) is 103 cm³/mol. The molecule has 8 heteroatoms. The molecule has 140 valence electrons. The van der Waals surface area contributed by atoms with Gasteiger partial charge in [-0.05, 0) is 32.9 Å². The third-order valence-electron chi connectivity index (χ3n) is 4.55. The lowest BCUT2D eigenvalue weighted by molar-refractivity contribution is 0.0478. The summed E-state index contributed by atoms with van der Waals surface area (Å²) in [6.45, 7) is 6.79. The smallest absolute Gasteiger partial charge is 0.410 e. The predicted octanol–water partition coefficient (Wildman–Crippen LogP) is 4.03. The number of hydrogen-bond acceptors (Lipinski definition) is 5. The molecule has 0 saturated carbocycles. The number of pyridine rings is 1. The van der Waals surface area contributed by atoms with Gasteiger partial charge < -0.3 is 14.5 Å². The summed E-state index contributed by atoms with van der Waals surface area (Å²) in [6, 6.07) is 3.48. The van der Waals surface area contributed by atoms with E-state index in [1.165, 1.54) is 11.3 Å². The van der Waals surface area contributed by atoms with Crippen LogP contribution in [0, 0.1) is 0 Å². The fraction of sp³-hybridized carbons (Fsp3) is 0.500. The molecule has 2 amide bonds. The Morgan fingerprint density at radius 1 is 1.42 bits per heavy atom. The lowest BCUT2D eigenvalue weighted by Crippen LogP contribution is -2.44. The summed E-state index contributed by atoms with van der Waals surface area (Å²) >= 11 is 7.51.